The Bertz CT molecular complexity index is 897. The van der Waals surface area contributed by atoms with Gasteiger partial charge in [-0.25, -0.2) is 9.97 Å². The van der Waals surface area contributed by atoms with Gasteiger partial charge in [-0.05, 0) is 5.75 Å². The summed E-state index contributed by atoms with van der Waals surface area (Å²) >= 11 is 4.13. The number of amides is 2. The Labute approximate surface area is 160 Å². The molecule has 134 valence electrons. The molecule has 0 saturated carbocycles. The molecule has 12 heteroatoms. The lowest BCUT2D eigenvalue weighted by Crippen LogP contribution is -2.15. The van der Waals surface area contributed by atoms with Crippen molar-refractivity contribution in [2.75, 3.05) is 16.4 Å². The third-order valence-corrected chi connectivity index (χ3v) is 5.49. The van der Waals surface area contributed by atoms with E-state index in [-0.39, 0.29) is 18.0 Å². The fourth-order valence-corrected chi connectivity index (χ4v) is 4.16. The van der Waals surface area contributed by atoms with Crippen LogP contribution >= 0.6 is 34.4 Å². The molecule has 0 atom stereocenters. The first-order valence-electron chi connectivity index (χ1n) is 7.42. The van der Waals surface area contributed by atoms with E-state index < -0.39 is 5.91 Å². The van der Waals surface area contributed by atoms with Crippen LogP contribution in [0.4, 0.5) is 10.3 Å². The van der Waals surface area contributed by atoms with Gasteiger partial charge in [0.05, 0.1) is 18.3 Å². The first-order valence-corrected chi connectivity index (χ1v) is 10.1. The number of hydrogen-bond donors (Lipinski definition) is 2. The van der Waals surface area contributed by atoms with Crippen molar-refractivity contribution in [3.8, 4) is 0 Å². The number of thiazole rings is 1. The molecule has 3 heterocycles. The summed E-state index contributed by atoms with van der Waals surface area (Å²) in [5.41, 5.74) is 0.744. The van der Waals surface area contributed by atoms with Gasteiger partial charge in [0.2, 0.25) is 11.0 Å². The molecular formula is C14H13N7O2S3. The number of thioether (sulfide) groups is 1. The summed E-state index contributed by atoms with van der Waals surface area (Å²) in [7, 11) is 0. The monoisotopic (exact) mass is 407 g/mol. The summed E-state index contributed by atoms with van der Waals surface area (Å²) < 4.78 is 0.811. The standard InChI is InChI=1S/C14H13N7O2S3/c1-2-24-14-21-20-13(26-14)18-10(22)5-8-7-25-12(17-8)19-11(23)9-6-15-3-4-16-9/h3-4,6-7H,2,5H2,1H3,(H,17,19,23)(H,18,20,22). The molecule has 0 saturated heterocycles. The molecule has 0 aliphatic carbocycles. The topological polar surface area (TPSA) is 123 Å². The van der Waals surface area contributed by atoms with Crippen molar-refractivity contribution in [1.29, 1.82) is 0 Å². The van der Waals surface area contributed by atoms with Gasteiger partial charge >= 0.3 is 0 Å². The molecule has 0 aliphatic heterocycles. The molecule has 0 spiro atoms. The van der Waals surface area contributed by atoms with Gasteiger partial charge in [0, 0.05) is 17.8 Å². The van der Waals surface area contributed by atoms with Gasteiger partial charge in [-0.2, -0.15) is 0 Å². The van der Waals surface area contributed by atoms with Crippen molar-refractivity contribution < 1.29 is 9.59 Å². The minimum absolute atomic E-state index is 0.0767. The zero-order valence-corrected chi connectivity index (χ0v) is 16.0. The van der Waals surface area contributed by atoms with E-state index in [2.05, 4.69) is 35.8 Å². The Balaban J connectivity index is 1.54. The third-order valence-electron chi connectivity index (χ3n) is 2.83. The van der Waals surface area contributed by atoms with Gasteiger partial charge in [0.25, 0.3) is 5.91 Å². The molecule has 3 aromatic heterocycles. The van der Waals surface area contributed by atoms with Gasteiger partial charge in [-0.15, -0.1) is 21.5 Å². The van der Waals surface area contributed by atoms with Crippen LogP contribution in [0.25, 0.3) is 0 Å². The van der Waals surface area contributed by atoms with Gasteiger partial charge in [-0.3, -0.25) is 19.9 Å². The second-order valence-electron chi connectivity index (χ2n) is 4.72. The van der Waals surface area contributed by atoms with Gasteiger partial charge in [-0.1, -0.05) is 30.0 Å². The first-order chi connectivity index (χ1) is 12.6. The summed E-state index contributed by atoms with van der Waals surface area (Å²) in [5.74, 6) is 0.245. The van der Waals surface area contributed by atoms with Crippen LogP contribution in [-0.4, -0.2) is 42.7 Å². The van der Waals surface area contributed by atoms with E-state index in [9.17, 15) is 9.59 Å². The first kappa shape index (κ1) is 18.4. The van der Waals surface area contributed by atoms with E-state index >= 15 is 0 Å². The Kier molecular flexibility index (Phi) is 6.20. The summed E-state index contributed by atoms with van der Waals surface area (Å²) in [4.78, 5) is 36.1. The number of carbonyl (C=O) groups excluding carboxylic acids is 2. The van der Waals surface area contributed by atoms with Crippen LogP contribution in [0.15, 0.2) is 28.3 Å². The predicted octanol–water partition coefficient (Wildman–Crippen LogP) is 2.33. The van der Waals surface area contributed by atoms with E-state index in [1.54, 1.807) is 17.1 Å². The maximum atomic E-state index is 12.1. The van der Waals surface area contributed by atoms with Crippen molar-refractivity contribution in [2.45, 2.75) is 17.7 Å². The van der Waals surface area contributed by atoms with E-state index in [1.807, 2.05) is 6.92 Å². The number of nitrogens with zero attached hydrogens (tertiary/aromatic N) is 5. The van der Waals surface area contributed by atoms with Crippen molar-refractivity contribution in [1.82, 2.24) is 25.1 Å². The lowest BCUT2D eigenvalue weighted by Gasteiger charge is -2.00. The van der Waals surface area contributed by atoms with Gasteiger partial charge in [0.15, 0.2) is 9.47 Å². The average Bonchev–Trinajstić information content (AvgIpc) is 3.25. The van der Waals surface area contributed by atoms with Crippen molar-refractivity contribution in [3.63, 3.8) is 0 Å². The van der Waals surface area contributed by atoms with Crippen LogP contribution in [0.1, 0.15) is 23.1 Å². The summed E-state index contributed by atoms with van der Waals surface area (Å²) in [6.07, 6.45) is 4.36. The highest BCUT2D eigenvalue weighted by Crippen LogP contribution is 2.25. The lowest BCUT2D eigenvalue weighted by molar-refractivity contribution is -0.115. The molecule has 2 N–H and O–H groups in total. The highest BCUT2D eigenvalue weighted by Gasteiger charge is 2.13. The molecule has 0 fully saturated rings. The molecule has 2 amide bonds. The van der Waals surface area contributed by atoms with Crippen LogP contribution in [0.5, 0.6) is 0 Å². The van der Waals surface area contributed by atoms with Crippen LogP contribution in [-0.2, 0) is 11.2 Å². The van der Waals surface area contributed by atoms with Crippen LogP contribution in [0.3, 0.4) is 0 Å². The minimum Gasteiger partial charge on any atom is -0.300 e. The van der Waals surface area contributed by atoms with Crippen LogP contribution in [0, 0.1) is 0 Å². The molecule has 0 aromatic carbocycles. The second kappa shape index (κ2) is 8.78. The van der Waals surface area contributed by atoms with Gasteiger partial charge < -0.3 is 5.32 Å². The van der Waals surface area contributed by atoms with Crippen molar-refractivity contribution in [2.24, 2.45) is 0 Å². The Morgan fingerprint density at radius 3 is 2.85 bits per heavy atom. The molecule has 3 rings (SSSR count). The van der Waals surface area contributed by atoms with E-state index in [1.165, 1.54) is 41.3 Å². The van der Waals surface area contributed by atoms with Crippen LogP contribution < -0.4 is 10.6 Å². The SMILES string of the molecule is CCSc1nnc(NC(=O)Cc2csc(NC(=O)c3cnccn3)n2)s1. The summed E-state index contributed by atoms with van der Waals surface area (Å²) in [5, 5.41) is 15.8. The Morgan fingerprint density at radius 2 is 2.08 bits per heavy atom. The largest absolute Gasteiger partial charge is 0.300 e. The molecule has 0 aliphatic rings. The number of hydrogen-bond acceptors (Lipinski definition) is 10. The maximum absolute atomic E-state index is 12.1. The lowest BCUT2D eigenvalue weighted by atomic mass is 10.3. The molecule has 3 aromatic rings. The zero-order valence-electron chi connectivity index (χ0n) is 13.5. The van der Waals surface area contributed by atoms with Gasteiger partial charge in [0.1, 0.15) is 5.69 Å². The Morgan fingerprint density at radius 1 is 1.19 bits per heavy atom. The number of nitrogens with one attached hydrogen (secondary N) is 2. The number of anilines is 2. The normalized spacial score (nSPS) is 10.5. The summed E-state index contributed by atoms with van der Waals surface area (Å²) in [6, 6.07) is 0. The number of rotatable bonds is 7. The smallest absolute Gasteiger partial charge is 0.277 e. The molecule has 0 unspecified atom stereocenters. The average molecular weight is 408 g/mol. The quantitative estimate of drug-likeness (QED) is 0.452. The highest BCUT2D eigenvalue weighted by molar-refractivity contribution is 8.01. The molecule has 0 bridgehead atoms. The maximum Gasteiger partial charge on any atom is 0.277 e. The minimum atomic E-state index is -0.404. The third kappa shape index (κ3) is 5.03. The summed E-state index contributed by atoms with van der Waals surface area (Å²) in [6.45, 7) is 2.02. The fourth-order valence-electron chi connectivity index (χ4n) is 1.79. The van der Waals surface area contributed by atoms with E-state index in [0.717, 1.165) is 10.1 Å². The highest BCUT2D eigenvalue weighted by atomic mass is 32.2. The molecule has 9 nitrogen and oxygen atoms in total. The predicted molar refractivity (Wildman–Crippen MR) is 101 cm³/mol. The number of aromatic nitrogens is 5. The van der Waals surface area contributed by atoms with Crippen LogP contribution in [0.2, 0.25) is 0 Å². The van der Waals surface area contributed by atoms with E-state index in [4.69, 9.17) is 0 Å². The zero-order chi connectivity index (χ0) is 18.4. The molecule has 0 radical (unpaired) electrons. The van der Waals surface area contributed by atoms with Crippen molar-refractivity contribution >= 4 is 56.5 Å². The van der Waals surface area contributed by atoms with E-state index in [0.29, 0.717) is 16.0 Å². The number of carbonyl (C=O) groups is 2. The van der Waals surface area contributed by atoms with Crippen molar-refractivity contribution in [3.05, 3.63) is 35.4 Å². The fraction of sp³-hybridized carbons (Fsp3) is 0.214. The molecule has 26 heavy (non-hydrogen) atoms. The Hall–Kier alpha value is -2.44. The molecular weight excluding hydrogens is 394 g/mol. The second-order valence-corrected chi connectivity index (χ2v) is 8.07.